The number of methoxy groups -OCH3 is 3. The van der Waals surface area contributed by atoms with Crippen molar-refractivity contribution in [3.8, 4) is 5.75 Å². The third kappa shape index (κ3) is 5.86. The summed E-state index contributed by atoms with van der Waals surface area (Å²) in [5, 5.41) is 6.77. The number of nitrogens with zero attached hydrogens (tertiary/aromatic N) is 1. The van der Waals surface area contributed by atoms with Crippen molar-refractivity contribution in [1.82, 2.24) is 10.6 Å². The second kappa shape index (κ2) is 10.9. The number of ether oxygens (including phenoxy) is 3. The summed E-state index contributed by atoms with van der Waals surface area (Å²) in [7, 11) is 4.65. The predicted molar refractivity (Wildman–Crippen MR) is 110 cm³/mol. The lowest BCUT2D eigenvalue weighted by Crippen LogP contribution is -2.46. The predicted octanol–water partition coefficient (Wildman–Crippen LogP) is 2.74. The molecule has 0 aliphatic heterocycles. The van der Waals surface area contributed by atoms with E-state index in [0.717, 1.165) is 37.6 Å². The monoisotopic (exact) mass is 391 g/mol. The number of hydrogen-bond acceptors (Lipinski definition) is 5. The van der Waals surface area contributed by atoms with Crippen LogP contribution in [0.15, 0.2) is 23.2 Å². The molecule has 1 fully saturated rings. The van der Waals surface area contributed by atoms with Crippen LogP contribution in [-0.4, -0.2) is 53.0 Å². The average molecular weight is 392 g/mol. The molecule has 0 spiro atoms. The van der Waals surface area contributed by atoms with Gasteiger partial charge in [0.25, 0.3) is 0 Å². The van der Waals surface area contributed by atoms with Crippen molar-refractivity contribution in [1.29, 1.82) is 0 Å². The van der Waals surface area contributed by atoms with Crippen molar-refractivity contribution < 1.29 is 19.0 Å². The molecule has 0 radical (unpaired) electrons. The number of aliphatic imine (C=N–C) groups is 1. The van der Waals surface area contributed by atoms with E-state index in [9.17, 15) is 4.79 Å². The molecule has 28 heavy (non-hydrogen) atoms. The molecule has 1 aliphatic rings. The molecule has 0 unspecified atom stereocenters. The fourth-order valence-corrected chi connectivity index (χ4v) is 3.42. The number of benzene rings is 1. The first kappa shape index (κ1) is 22.0. The first-order chi connectivity index (χ1) is 13.6. The van der Waals surface area contributed by atoms with Gasteiger partial charge in [0.05, 0.1) is 20.8 Å². The molecule has 0 heterocycles. The van der Waals surface area contributed by atoms with Gasteiger partial charge in [-0.25, -0.2) is 9.79 Å². The van der Waals surface area contributed by atoms with Gasteiger partial charge in [0.15, 0.2) is 5.96 Å². The second-order valence-corrected chi connectivity index (χ2v) is 7.17. The molecule has 0 aromatic heterocycles. The zero-order valence-corrected chi connectivity index (χ0v) is 17.5. The van der Waals surface area contributed by atoms with Crippen LogP contribution in [0, 0.1) is 5.41 Å². The quantitative estimate of drug-likeness (QED) is 0.363. The van der Waals surface area contributed by atoms with Crippen LogP contribution in [-0.2, 0) is 16.0 Å². The molecule has 0 atom stereocenters. The Morgan fingerprint density at radius 3 is 2.57 bits per heavy atom. The van der Waals surface area contributed by atoms with Crippen molar-refractivity contribution >= 4 is 11.9 Å². The number of nitrogens with one attached hydrogen (secondary N) is 2. The molecule has 2 rings (SSSR count). The van der Waals surface area contributed by atoms with Crippen molar-refractivity contribution in [2.75, 3.05) is 41.0 Å². The number of rotatable bonds is 10. The third-order valence-electron chi connectivity index (χ3n) is 5.31. The Morgan fingerprint density at radius 1 is 1.21 bits per heavy atom. The second-order valence-electron chi connectivity index (χ2n) is 7.17. The van der Waals surface area contributed by atoms with Crippen molar-refractivity contribution in [2.24, 2.45) is 10.4 Å². The largest absolute Gasteiger partial charge is 0.496 e. The SMILES string of the molecule is CCNC(=NCc1ccc(OC)c(C(=O)OC)c1)NCC1(CCOC)CCC1. The number of esters is 1. The molecule has 7 nitrogen and oxygen atoms in total. The Morgan fingerprint density at radius 2 is 2.00 bits per heavy atom. The van der Waals surface area contributed by atoms with Crippen LogP contribution in [0.3, 0.4) is 0 Å². The highest BCUT2D eigenvalue weighted by Gasteiger charge is 2.36. The van der Waals surface area contributed by atoms with E-state index in [1.807, 2.05) is 13.0 Å². The summed E-state index contributed by atoms with van der Waals surface area (Å²) in [6, 6.07) is 5.44. The maximum atomic E-state index is 12.0. The summed E-state index contributed by atoms with van der Waals surface area (Å²) in [6.45, 7) is 4.96. The molecule has 1 aromatic rings. The normalized spacial score (nSPS) is 15.5. The van der Waals surface area contributed by atoms with Crippen LogP contribution in [0.5, 0.6) is 5.75 Å². The first-order valence-corrected chi connectivity index (χ1v) is 9.84. The summed E-state index contributed by atoms with van der Waals surface area (Å²) in [5.74, 6) is 0.856. The lowest BCUT2D eigenvalue weighted by molar-refractivity contribution is 0.0597. The lowest BCUT2D eigenvalue weighted by atomic mass is 9.67. The van der Waals surface area contributed by atoms with Gasteiger partial charge in [-0.2, -0.15) is 0 Å². The maximum Gasteiger partial charge on any atom is 0.341 e. The summed E-state index contributed by atoms with van der Waals surface area (Å²) in [5.41, 5.74) is 1.63. The van der Waals surface area contributed by atoms with Crippen LogP contribution >= 0.6 is 0 Å². The van der Waals surface area contributed by atoms with Crippen molar-refractivity contribution in [2.45, 2.75) is 39.2 Å². The van der Waals surface area contributed by atoms with Gasteiger partial charge in [0, 0.05) is 26.8 Å². The van der Waals surface area contributed by atoms with Gasteiger partial charge in [0.1, 0.15) is 11.3 Å². The molecule has 1 saturated carbocycles. The van der Waals surface area contributed by atoms with Gasteiger partial charge >= 0.3 is 5.97 Å². The minimum Gasteiger partial charge on any atom is -0.496 e. The Hall–Kier alpha value is -2.28. The van der Waals surface area contributed by atoms with E-state index in [4.69, 9.17) is 14.2 Å². The molecule has 1 aromatic carbocycles. The van der Waals surface area contributed by atoms with Crippen LogP contribution in [0.25, 0.3) is 0 Å². The van der Waals surface area contributed by atoms with Gasteiger partial charge < -0.3 is 24.8 Å². The van der Waals surface area contributed by atoms with Crippen LogP contribution in [0.1, 0.15) is 48.5 Å². The van der Waals surface area contributed by atoms with E-state index in [1.54, 1.807) is 19.2 Å². The molecular formula is C21H33N3O4. The molecule has 1 aliphatic carbocycles. The van der Waals surface area contributed by atoms with E-state index < -0.39 is 5.97 Å². The Labute approximate surface area is 167 Å². The van der Waals surface area contributed by atoms with Crippen LogP contribution in [0.4, 0.5) is 0 Å². The smallest absolute Gasteiger partial charge is 0.341 e. The highest BCUT2D eigenvalue weighted by molar-refractivity contribution is 5.92. The number of carbonyl (C=O) groups is 1. The summed E-state index contributed by atoms with van der Waals surface area (Å²) in [6.07, 6.45) is 4.80. The fourth-order valence-electron chi connectivity index (χ4n) is 3.42. The first-order valence-electron chi connectivity index (χ1n) is 9.84. The third-order valence-corrected chi connectivity index (χ3v) is 5.31. The lowest BCUT2D eigenvalue weighted by Gasteiger charge is -2.42. The average Bonchev–Trinajstić information content (AvgIpc) is 2.69. The van der Waals surface area contributed by atoms with Gasteiger partial charge in [0.2, 0.25) is 0 Å². The molecule has 0 amide bonds. The fraction of sp³-hybridized carbons (Fsp3) is 0.619. The van der Waals surface area contributed by atoms with E-state index >= 15 is 0 Å². The Kier molecular flexibility index (Phi) is 8.57. The van der Waals surface area contributed by atoms with E-state index in [-0.39, 0.29) is 0 Å². The van der Waals surface area contributed by atoms with E-state index in [0.29, 0.717) is 23.3 Å². The molecular weight excluding hydrogens is 358 g/mol. The maximum absolute atomic E-state index is 12.0. The highest BCUT2D eigenvalue weighted by atomic mass is 16.5. The van der Waals surface area contributed by atoms with Crippen molar-refractivity contribution in [3.63, 3.8) is 0 Å². The zero-order valence-electron chi connectivity index (χ0n) is 17.5. The Balaban J connectivity index is 2.04. The number of carbonyl (C=O) groups excluding carboxylic acids is 1. The number of guanidine groups is 1. The number of hydrogen-bond donors (Lipinski definition) is 2. The minimum atomic E-state index is -0.419. The van der Waals surface area contributed by atoms with Gasteiger partial charge in [-0.3, -0.25) is 0 Å². The van der Waals surface area contributed by atoms with Gasteiger partial charge in [-0.1, -0.05) is 12.5 Å². The van der Waals surface area contributed by atoms with Crippen LogP contribution < -0.4 is 15.4 Å². The van der Waals surface area contributed by atoms with E-state index in [1.165, 1.54) is 33.5 Å². The topological polar surface area (TPSA) is 81.2 Å². The Bertz CT molecular complexity index is 672. The molecule has 0 saturated heterocycles. The summed E-state index contributed by atoms with van der Waals surface area (Å²) >= 11 is 0. The van der Waals surface area contributed by atoms with Crippen LogP contribution in [0.2, 0.25) is 0 Å². The molecule has 0 bridgehead atoms. The minimum absolute atomic E-state index is 0.310. The molecule has 156 valence electrons. The highest BCUT2D eigenvalue weighted by Crippen LogP contribution is 2.43. The molecule has 2 N–H and O–H groups in total. The summed E-state index contributed by atoms with van der Waals surface area (Å²) < 4.78 is 15.3. The molecule has 7 heteroatoms. The van der Waals surface area contributed by atoms with Gasteiger partial charge in [-0.05, 0) is 49.3 Å². The van der Waals surface area contributed by atoms with Crippen molar-refractivity contribution in [3.05, 3.63) is 29.3 Å². The summed E-state index contributed by atoms with van der Waals surface area (Å²) in [4.78, 5) is 16.6. The zero-order chi connectivity index (χ0) is 20.4. The van der Waals surface area contributed by atoms with E-state index in [2.05, 4.69) is 15.6 Å². The van der Waals surface area contributed by atoms with Gasteiger partial charge in [-0.15, -0.1) is 0 Å². The standard InChI is InChI=1S/C21H33N3O4/c1-5-22-20(24-15-21(9-6-10-21)11-12-26-2)23-14-16-7-8-18(27-3)17(13-16)19(25)28-4/h7-8,13H,5-6,9-12,14-15H2,1-4H3,(H2,22,23,24).